The van der Waals surface area contributed by atoms with E-state index in [1.54, 1.807) is 0 Å². The van der Waals surface area contributed by atoms with Crippen LogP contribution in [0.2, 0.25) is 0 Å². The molecule has 1 amide bonds. The first-order valence-electron chi connectivity index (χ1n) is 3.70. The predicted octanol–water partition coefficient (Wildman–Crippen LogP) is 2.19. The maximum atomic E-state index is 10.3. The maximum Gasteiger partial charge on any atom is 0.217 e. The predicted molar refractivity (Wildman–Crippen MR) is 47.0 cm³/mol. The molecule has 10 heavy (non-hydrogen) atoms. The quantitative estimate of drug-likeness (QED) is 0.559. The SMILES string of the molecule is CC.CC(=O)NC(C)(C)C.[HH]. The van der Waals surface area contributed by atoms with Crippen molar-refractivity contribution in [2.45, 2.75) is 47.1 Å². The highest BCUT2D eigenvalue weighted by atomic mass is 16.1. The van der Waals surface area contributed by atoms with Crippen molar-refractivity contribution in [1.29, 1.82) is 0 Å². The van der Waals surface area contributed by atoms with Crippen molar-refractivity contribution in [3.8, 4) is 0 Å². The van der Waals surface area contributed by atoms with E-state index in [1.807, 2.05) is 34.6 Å². The van der Waals surface area contributed by atoms with E-state index in [-0.39, 0.29) is 12.9 Å². The van der Waals surface area contributed by atoms with Gasteiger partial charge in [-0.25, -0.2) is 0 Å². The first-order chi connectivity index (χ1) is 4.42. The molecule has 0 unspecified atom stereocenters. The number of nitrogens with one attached hydrogen (secondary N) is 1. The minimum atomic E-state index is -0.0775. The van der Waals surface area contributed by atoms with Crippen molar-refractivity contribution in [3.63, 3.8) is 0 Å². The second-order valence-electron chi connectivity index (χ2n) is 2.93. The van der Waals surface area contributed by atoms with Crippen molar-refractivity contribution < 1.29 is 6.22 Å². The lowest BCUT2D eigenvalue weighted by Crippen LogP contribution is -2.38. The normalized spacial score (nSPS) is 9.40. The topological polar surface area (TPSA) is 29.1 Å². The highest BCUT2D eigenvalue weighted by molar-refractivity contribution is 5.73. The zero-order valence-corrected chi connectivity index (χ0v) is 7.91. The molecule has 0 aliphatic carbocycles. The summed E-state index contributed by atoms with van der Waals surface area (Å²) in [6.45, 7) is 11.4. The van der Waals surface area contributed by atoms with Gasteiger partial charge >= 0.3 is 0 Å². The molecule has 0 aliphatic rings. The van der Waals surface area contributed by atoms with Gasteiger partial charge in [-0.15, -0.1) is 0 Å². The summed E-state index contributed by atoms with van der Waals surface area (Å²) in [7, 11) is 0. The molecule has 0 aromatic carbocycles. The summed E-state index contributed by atoms with van der Waals surface area (Å²) in [6.07, 6.45) is 0. The van der Waals surface area contributed by atoms with Crippen molar-refractivity contribution in [2.75, 3.05) is 0 Å². The van der Waals surface area contributed by atoms with Gasteiger partial charge in [0.25, 0.3) is 0 Å². The Labute approximate surface area is 65.5 Å². The molecule has 64 valence electrons. The van der Waals surface area contributed by atoms with Crippen LogP contribution < -0.4 is 5.32 Å². The fraction of sp³-hybridized carbons (Fsp3) is 0.875. The zero-order chi connectivity index (χ0) is 8.78. The highest BCUT2D eigenvalue weighted by Gasteiger charge is 2.08. The van der Waals surface area contributed by atoms with Gasteiger partial charge in [-0.3, -0.25) is 4.79 Å². The molecular formula is C8H21NO. The van der Waals surface area contributed by atoms with Crippen LogP contribution in [0.1, 0.15) is 43.0 Å². The molecule has 0 spiro atoms. The Morgan fingerprint density at radius 2 is 1.60 bits per heavy atom. The Hall–Kier alpha value is -0.530. The molecule has 0 aliphatic heterocycles. The monoisotopic (exact) mass is 147 g/mol. The molecule has 0 aromatic rings. The van der Waals surface area contributed by atoms with E-state index in [9.17, 15) is 4.79 Å². The van der Waals surface area contributed by atoms with Gasteiger partial charge < -0.3 is 5.32 Å². The molecule has 0 fully saturated rings. The van der Waals surface area contributed by atoms with Crippen LogP contribution in [-0.2, 0) is 4.79 Å². The lowest BCUT2D eigenvalue weighted by molar-refractivity contribution is -0.120. The number of hydrogen-bond donors (Lipinski definition) is 1. The number of hydrogen-bond acceptors (Lipinski definition) is 1. The fourth-order valence-electron chi connectivity index (χ4n) is 0.528. The molecule has 1 N–H and O–H groups in total. The van der Waals surface area contributed by atoms with Crippen LogP contribution in [0.15, 0.2) is 0 Å². The molecule has 0 radical (unpaired) electrons. The zero-order valence-electron chi connectivity index (χ0n) is 7.91. The molecule has 0 atom stereocenters. The molecule has 0 aromatic heterocycles. The molecular weight excluding hydrogens is 126 g/mol. The first-order valence-corrected chi connectivity index (χ1v) is 3.70. The molecule has 0 rings (SSSR count). The minimum Gasteiger partial charge on any atom is -0.352 e. The Balaban J connectivity index is -0.000000196. The summed E-state index contributed by atoms with van der Waals surface area (Å²) in [5, 5.41) is 2.74. The van der Waals surface area contributed by atoms with Gasteiger partial charge in [0, 0.05) is 13.9 Å². The molecule has 2 heteroatoms. The summed E-state index contributed by atoms with van der Waals surface area (Å²) in [5.74, 6) is 0.0255. The van der Waals surface area contributed by atoms with E-state index in [0.717, 1.165) is 0 Å². The fourth-order valence-corrected chi connectivity index (χ4v) is 0.528. The Morgan fingerprint density at radius 3 is 1.60 bits per heavy atom. The lowest BCUT2D eigenvalue weighted by Gasteiger charge is -2.18. The van der Waals surface area contributed by atoms with Gasteiger partial charge in [-0.2, -0.15) is 0 Å². The number of carbonyl (C=O) groups is 1. The van der Waals surface area contributed by atoms with Crippen LogP contribution in [0, 0.1) is 0 Å². The maximum absolute atomic E-state index is 10.3. The van der Waals surface area contributed by atoms with E-state index in [2.05, 4.69) is 5.32 Å². The van der Waals surface area contributed by atoms with Crippen LogP contribution in [0.5, 0.6) is 0 Å². The van der Waals surface area contributed by atoms with Gasteiger partial charge in [0.1, 0.15) is 0 Å². The van der Waals surface area contributed by atoms with Gasteiger partial charge in [0.2, 0.25) is 5.91 Å². The highest BCUT2D eigenvalue weighted by Crippen LogP contribution is 1.96. The van der Waals surface area contributed by atoms with Gasteiger partial charge in [0.15, 0.2) is 0 Å². The minimum absolute atomic E-state index is 0. The van der Waals surface area contributed by atoms with E-state index < -0.39 is 0 Å². The summed E-state index contributed by atoms with van der Waals surface area (Å²) in [4.78, 5) is 10.3. The Bertz CT molecular complexity index is 96.8. The largest absolute Gasteiger partial charge is 0.352 e. The Morgan fingerprint density at radius 1 is 1.30 bits per heavy atom. The van der Waals surface area contributed by atoms with Crippen LogP contribution in [-0.4, -0.2) is 11.4 Å². The van der Waals surface area contributed by atoms with E-state index in [0.29, 0.717) is 0 Å². The third-order valence-corrected chi connectivity index (χ3v) is 0.551. The third-order valence-electron chi connectivity index (χ3n) is 0.551. The van der Waals surface area contributed by atoms with E-state index >= 15 is 0 Å². The number of amides is 1. The van der Waals surface area contributed by atoms with Gasteiger partial charge in [-0.05, 0) is 20.8 Å². The van der Waals surface area contributed by atoms with Crippen molar-refractivity contribution in [1.82, 2.24) is 5.32 Å². The molecule has 2 nitrogen and oxygen atoms in total. The lowest BCUT2D eigenvalue weighted by atomic mass is 10.1. The number of carbonyl (C=O) groups excluding carboxylic acids is 1. The summed E-state index contributed by atoms with van der Waals surface area (Å²) >= 11 is 0. The van der Waals surface area contributed by atoms with Crippen LogP contribution in [0.4, 0.5) is 0 Å². The average Bonchev–Trinajstić information content (AvgIpc) is 1.64. The first kappa shape index (κ1) is 12.2. The average molecular weight is 147 g/mol. The van der Waals surface area contributed by atoms with Crippen molar-refractivity contribution in [3.05, 3.63) is 0 Å². The second kappa shape index (κ2) is 5.27. The molecule has 0 heterocycles. The van der Waals surface area contributed by atoms with Crippen molar-refractivity contribution >= 4 is 5.91 Å². The molecule has 0 saturated heterocycles. The molecule has 0 saturated carbocycles. The Kier molecular flexibility index (Phi) is 6.42. The van der Waals surface area contributed by atoms with E-state index in [1.165, 1.54) is 6.92 Å². The summed E-state index contributed by atoms with van der Waals surface area (Å²) in [6, 6.07) is 0. The third kappa shape index (κ3) is 15.6. The van der Waals surface area contributed by atoms with Crippen molar-refractivity contribution in [2.24, 2.45) is 0 Å². The van der Waals surface area contributed by atoms with Crippen LogP contribution in [0.3, 0.4) is 0 Å². The summed E-state index contributed by atoms with van der Waals surface area (Å²) < 4.78 is 0. The standard InChI is InChI=1S/C6H13NO.C2H6.H2/c1-5(8)7-6(2,3)4;1-2;/h1-4H3,(H,7,8);1-2H3;1H. The molecule has 0 bridgehead atoms. The van der Waals surface area contributed by atoms with Crippen LogP contribution >= 0.6 is 0 Å². The van der Waals surface area contributed by atoms with Gasteiger partial charge in [-0.1, -0.05) is 13.8 Å². The van der Waals surface area contributed by atoms with Crippen LogP contribution in [0.25, 0.3) is 0 Å². The smallest absolute Gasteiger partial charge is 0.217 e. The number of rotatable bonds is 0. The van der Waals surface area contributed by atoms with Gasteiger partial charge in [0.05, 0.1) is 0 Å². The second-order valence-corrected chi connectivity index (χ2v) is 2.93. The summed E-state index contributed by atoms with van der Waals surface area (Å²) in [5.41, 5.74) is -0.0775. The van der Waals surface area contributed by atoms with E-state index in [4.69, 9.17) is 0 Å².